The van der Waals surface area contributed by atoms with Crippen LogP contribution >= 0.6 is 0 Å². The zero-order chi connectivity index (χ0) is 10.0. The highest BCUT2D eigenvalue weighted by Crippen LogP contribution is 2.20. The predicted molar refractivity (Wildman–Crippen MR) is 52.2 cm³/mol. The molecule has 0 amide bonds. The van der Waals surface area contributed by atoms with Gasteiger partial charge in [-0.3, -0.25) is 0 Å². The molecule has 0 fully saturated rings. The van der Waals surface area contributed by atoms with Crippen molar-refractivity contribution in [2.45, 2.75) is 26.7 Å². The van der Waals surface area contributed by atoms with Gasteiger partial charge in [0.05, 0.1) is 5.56 Å². The Morgan fingerprint density at radius 2 is 2.00 bits per heavy atom. The summed E-state index contributed by atoms with van der Waals surface area (Å²) in [6.07, 6.45) is 0. The quantitative estimate of drug-likeness (QED) is 0.756. The number of hydrogen-bond donors (Lipinski definition) is 1. The Kier molecular flexibility index (Phi) is 2.71. The van der Waals surface area contributed by atoms with Crippen molar-refractivity contribution in [2.75, 3.05) is 0 Å². The first-order valence-corrected chi connectivity index (χ1v) is 4.36. The van der Waals surface area contributed by atoms with Gasteiger partial charge in [-0.15, -0.1) is 0 Å². The number of aryl methyl sites for hydroxylation is 1. The zero-order valence-electron chi connectivity index (χ0n) is 8.16. The van der Waals surface area contributed by atoms with Crippen LogP contribution in [0.4, 0.5) is 0 Å². The Balaban J connectivity index is 3.19. The SMILES string of the molecule is Cc1ccc(C(=O)O)cc1C(C)C. The molecule has 1 aromatic rings. The van der Waals surface area contributed by atoms with Gasteiger partial charge in [0, 0.05) is 0 Å². The van der Waals surface area contributed by atoms with E-state index in [0.29, 0.717) is 11.5 Å². The van der Waals surface area contributed by atoms with Crippen LogP contribution in [0, 0.1) is 6.92 Å². The largest absolute Gasteiger partial charge is 0.478 e. The molecule has 1 N–H and O–H groups in total. The van der Waals surface area contributed by atoms with Crippen LogP contribution in [0.1, 0.15) is 41.3 Å². The number of carboxylic acids is 1. The van der Waals surface area contributed by atoms with E-state index in [0.717, 1.165) is 11.1 Å². The predicted octanol–water partition coefficient (Wildman–Crippen LogP) is 2.82. The molecule has 2 nitrogen and oxygen atoms in total. The number of hydrogen-bond acceptors (Lipinski definition) is 1. The van der Waals surface area contributed by atoms with Crippen molar-refractivity contribution in [2.24, 2.45) is 0 Å². The molecular weight excluding hydrogens is 164 g/mol. The van der Waals surface area contributed by atoms with Crippen molar-refractivity contribution >= 4 is 5.97 Å². The lowest BCUT2D eigenvalue weighted by molar-refractivity contribution is 0.0697. The number of benzene rings is 1. The van der Waals surface area contributed by atoms with Crippen LogP contribution in [0.3, 0.4) is 0 Å². The van der Waals surface area contributed by atoms with Crippen LogP contribution in [-0.4, -0.2) is 11.1 Å². The summed E-state index contributed by atoms with van der Waals surface area (Å²) in [5.41, 5.74) is 2.63. The fourth-order valence-corrected chi connectivity index (χ4v) is 1.40. The van der Waals surface area contributed by atoms with E-state index in [9.17, 15) is 4.79 Å². The molecule has 0 heterocycles. The van der Waals surface area contributed by atoms with Gasteiger partial charge in [0.25, 0.3) is 0 Å². The molecule has 0 spiro atoms. The van der Waals surface area contributed by atoms with Gasteiger partial charge in [-0.25, -0.2) is 4.79 Å². The van der Waals surface area contributed by atoms with Gasteiger partial charge in [-0.2, -0.15) is 0 Å². The molecule has 70 valence electrons. The van der Waals surface area contributed by atoms with Gasteiger partial charge < -0.3 is 5.11 Å². The Morgan fingerprint density at radius 1 is 1.38 bits per heavy atom. The molecule has 0 aromatic heterocycles. The third-order valence-electron chi connectivity index (χ3n) is 2.15. The maximum Gasteiger partial charge on any atom is 0.335 e. The van der Waals surface area contributed by atoms with Crippen LogP contribution in [0.2, 0.25) is 0 Å². The summed E-state index contributed by atoms with van der Waals surface area (Å²) in [5, 5.41) is 8.78. The van der Waals surface area contributed by atoms with E-state index in [1.165, 1.54) is 0 Å². The van der Waals surface area contributed by atoms with Crippen LogP contribution in [-0.2, 0) is 0 Å². The lowest BCUT2D eigenvalue weighted by atomic mass is 9.96. The van der Waals surface area contributed by atoms with Gasteiger partial charge in [-0.1, -0.05) is 19.9 Å². The molecule has 13 heavy (non-hydrogen) atoms. The lowest BCUT2D eigenvalue weighted by Gasteiger charge is -2.09. The van der Waals surface area contributed by atoms with Crippen molar-refractivity contribution in [1.82, 2.24) is 0 Å². The number of rotatable bonds is 2. The van der Waals surface area contributed by atoms with E-state index in [1.54, 1.807) is 12.1 Å². The van der Waals surface area contributed by atoms with Gasteiger partial charge in [0.1, 0.15) is 0 Å². The molecular formula is C11H14O2. The first-order chi connectivity index (χ1) is 6.02. The molecule has 0 unspecified atom stereocenters. The summed E-state index contributed by atoms with van der Waals surface area (Å²) in [7, 11) is 0. The Bertz CT molecular complexity index is 327. The van der Waals surface area contributed by atoms with Crippen LogP contribution in [0.25, 0.3) is 0 Å². The summed E-state index contributed by atoms with van der Waals surface area (Å²) in [6, 6.07) is 5.25. The van der Waals surface area contributed by atoms with E-state index in [4.69, 9.17) is 5.11 Å². The first-order valence-electron chi connectivity index (χ1n) is 4.36. The first kappa shape index (κ1) is 9.78. The van der Waals surface area contributed by atoms with E-state index in [-0.39, 0.29) is 0 Å². The highest BCUT2D eigenvalue weighted by Gasteiger charge is 2.08. The Hall–Kier alpha value is -1.31. The third-order valence-corrected chi connectivity index (χ3v) is 2.15. The highest BCUT2D eigenvalue weighted by molar-refractivity contribution is 5.87. The normalized spacial score (nSPS) is 10.5. The molecule has 0 saturated heterocycles. The van der Waals surface area contributed by atoms with Gasteiger partial charge in [0.2, 0.25) is 0 Å². The number of carboxylic acid groups (broad SMARTS) is 1. The third kappa shape index (κ3) is 2.08. The average molecular weight is 178 g/mol. The highest BCUT2D eigenvalue weighted by atomic mass is 16.4. The maximum atomic E-state index is 10.7. The molecule has 0 aliphatic rings. The average Bonchev–Trinajstić information content (AvgIpc) is 2.04. The molecule has 0 saturated carbocycles. The molecule has 0 aliphatic carbocycles. The van der Waals surface area contributed by atoms with E-state index in [1.807, 2.05) is 13.0 Å². The van der Waals surface area contributed by atoms with Crippen molar-refractivity contribution in [1.29, 1.82) is 0 Å². The van der Waals surface area contributed by atoms with Crippen molar-refractivity contribution < 1.29 is 9.90 Å². The summed E-state index contributed by atoms with van der Waals surface area (Å²) < 4.78 is 0. The lowest BCUT2D eigenvalue weighted by Crippen LogP contribution is -2.00. The molecule has 1 rings (SSSR count). The Labute approximate surface area is 78.2 Å². The second kappa shape index (κ2) is 3.60. The summed E-state index contributed by atoms with van der Waals surface area (Å²) >= 11 is 0. The molecule has 0 bridgehead atoms. The minimum Gasteiger partial charge on any atom is -0.478 e. The van der Waals surface area contributed by atoms with Crippen LogP contribution in [0.15, 0.2) is 18.2 Å². The summed E-state index contributed by atoms with van der Waals surface area (Å²) in [5.74, 6) is -0.485. The van der Waals surface area contributed by atoms with Crippen LogP contribution in [0.5, 0.6) is 0 Å². The maximum absolute atomic E-state index is 10.7. The van der Waals surface area contributed by atoms with Gasteiger partial charge in [0.15, 0.2) is 0 Å². The van der Waals surface area contributed by atoms with Crippen molar-refractivity contribution in [3.05, 3.63) is 34.9 Å². The smallest absolute Gasteiger partial charge is 0.335 e. The van der Waals surface area contributed by atoms with E-state index >= 15 is 0 Å². The summed E-state index contributed by atoms with van der Waals surface area (Å²) in [4.78, 5) is 10.7. The monoisotopic (exact) mass is 178 g/mol. The van der Waals surface area contributed by atoms with Crippen molar-refractivity contribution in [3.63, 3.8) is 0 Å². The topological polar surface area (TPSA) is 37.3 Å². The fraction of sp³-hybridized carbons (Fsp3) is 0.364. The minimum absolute atomic E-state index is 0.370. The Morgan fingerprint density at radius 3 is 2.46 bits per heavy atom. The molecule has 0 aliphatic heterocycles. The molecule has 1 aromatic carbocycles. The number of aromatic carboxylic acids is 1. The second-order valence-corrected chi connectivity index (χ2v) is 3.53. The van der Waals surface area contributed by atoms with Crippen LogP contribution < -0.4 is 0 Å². The number of carbonyl (C=O) groups is 1. The van der Waals surface area contributed by atoms with Gasteiger partial charge >= 0.3 is 5.97 Å². The van der Waals surface area contributed by atoms with Gasteiger partial charge in [-0.05, 0) is 36.1 Å². The van der Waals surface area contributed by atoms with E-state index in [2.05, 4.69) is 13.8 Å². The minimum atomic E-state index is -0.859. The molecule has 0 atom stereocenters. The molecule has 0 radical (unpaired) electrons. The fourth-order valence-electron chi connectivity index (χ4n) is 1.40. The summed E-state index contributed by atoms with van der Waals surface area (Å²) in [6.45, 7) is 6.13. The standard InChI is InChI=1S/C11H14O2/c1-7(2)10-6-9(11(12)13)5-4-8(10)3/h4-7H,1-3H3,(H,12,13). The second-order valence-electron chi connectivity index (χ2n) is 3.53. The zero-order valence-corrected chi connectivity index (χ0v) is 8.16. The molecule has 2 heteroatoms. The van der Waals surface area contributed by atoms with E-state index < -0.39 is 5.97 Å². The van der Waals surface area contributed by atoms with Crippen molar-refractivity contribution in [3.8, 4) is 0 Å².